The van der Waals surface area contributed by atoms with Crippen LogP contribution in [0.5, 0.6) is 0 Å². The molecule has 30 heavy (non-hydrogen) atoms. The van der Waals surface area contributed by atoms with E-state index in [9.17, 15) is 0 Å². The number of rotatable bonds is 6. The number of aliphatic carboxylic acids is 2. The maximum Gasteiger partial charge on any atom is 0.414 e. The predicted molar refractivity (Wildman–Crippen MR) is 114 cm³/mol. The second-order valence-electron chi connectivity index (χ2n) is 6.47. The van der Waals surface area contributed by atoms with Gasteiger partial charge in [0.15, 0.2) is 0 Å². The van der Waals surface area contributed by atoms with E-state index in [0.717, 1.165) is 23.4 Å². The first-order chi connectivity index (χ1) is 14.4. The first kappa shape index (κ1) is 22.4. The van der Waals surface area contributed by atoms with Gasteiger partial charge in [-0.3, -0.25) is 4.68 Å². The summed E-state index contributed by atoms with van der Waals surface area (Å²) in [6.07, 6.45) is 7.44. The van der Waals surface area contributed by atoms with E-state index in [1.807, 2.05) is 10.7 Å². The van der Waals surface area contributed by atoms with Gasteiger partial charge in [-0.15, -0.1) is 6.42 Å². The molecule has 0 atom stereocenters. The van der Waals surface area contributed by atoms with E-state index in [0.29, 0.717) is 13.1 Å². The molecule has 1 aromatic heterocycles. The number of carboxylic acids is 2. The lowest BCUT2D eigenvalue weighted by Crippen LogP contribution is -2.13. The van der Waals surface area contributed by atoms with Crippen LogP contribution in [-0.4, -0.2) is 38.5 Å². The van der Waals surface area contributed by atoms with Crippen LogP contribution in [-0.2, 0) is 22.7 Å². The van der Waals surface area contributed by atoms with Crippen LogP contribution in [0, 0.1) is 19.3 Å². The number of hydrogen-bond donors (Lipinski definition) is 3. The molecule has 3 N–H and O–H groups in total. The van der Waals surface area contributed by atoms with E-state index in [4.69, 9.17) is 31.3 Å². The largest absolute Gasteiger partial charge is 0.473 e. The molecule has 3 rings (SSSR count). The Bertz CT molecular complexity index is 1010. The summed E-state index contributed by atoms with van der Waals surface area (Å²) < 4.78 is 2.00. The van der Waals surface area contributed by atoms with Crippen molar-refractivity contribution in [3.63, 3.8) is 0 Å². The standard InChI is InChI=1S/C21H21N3.C2H2O4/c1-3-13-22-14-20-16-24(15-18-7-5-4-6-8-18)23-21(20)19-11-9-17(2)10-12-19;3-1(4)2(5)6/h1,4-12,16,22H,13-15H2,2H3;(H,3,4)(H,5,6). The summed E-state index contributed by atoms with van der Waals surface area (Å²) in [5.74, 6) is -1.04. The summed E-state index contributed by atoms with van der Waals surface area (Å²) in [4.78, 5) is 18.2. The Labute approximate surface area is 175 Å². The summed E-state index contributed by atoms with van der Waals surface area (Å²) in [7, 11) is 0. The summed E-state index contributed by atoms with van der Waals surface area (Å²) in [6.45, 7) is 4.11. The van der Waals surface area contributed by atoms with E-state index in [1.54, 1.807) is 0 Å². The number of hydrogen-bond acceptors (Lipinski definition) is 4. The highest BCUT2D eigenvalue weighted by Gasteiger charge is 2.11. The minimum Gasteiger partial charge on any atom is -0.473 e. The number of nitrogens with zero attached hydrogens (tertiary/aromatic N) is 2. The summed E-state index contributed by atoms with van der Waals surface area (Å²) >= 11 is 0. The maximum atomic E-state index is 9.10. The number of benzene rings is 2. The van der Waals surface area contributed by atoms with Crippen LogP contribution < -0.4 is 5.32 Å². The molecule has 154 valence electrons. The van der Waals surface area contributed by atoms with Crippen LogP contribution in [0.25, 0.3) is 11.3 Å². The van der Waals surface area contributed by atoms with Crippen molar-refractivity contribution >= 4 is 11.9 Å². The summed E-state index contributed by atoms with van der Waals surface area (Å²) in [5.41, 5.74) is 5.78. The Hall–Kier alpha value is -3.89. The van der Waals surface area contributed by atoms with Crippen LogP contribution in [0.4, 0.5) is 0 Å². The molecule has 0 spiro atoms. The van der Waals surface area contributed by atoms with Gasteiger partial charge in [0.1, 0.15) is 0 Å². The van der Waals surface area contributed by atoms with Crippen molar-refractivity contribution in [3.05, 3.63) is 77.5 Å². The van der Waals surface area contributed by atoms with Gasteiger partial charge in [-0.25, -0.2) is 9.59 Å². The van der Waals surface area contributed by atoms with Crippen molar-refractivity contribution in [2.24, 2.45) is 0 Å². The molecule has 0 aliphatic carbocycles. The molecule has 2 aromatic carbocycles. The fourth-order valence-corrected chi connectivity index (χ4v) is 2.67. The van der Waals surface area contributed by atoms with E-state index in [-0.39, 0.29) is 0 Å². The Kier molecular flexibility index (Phi) is 8.36. The zero-order valence-electron chi connectivity index (χ0n) is 16.6. The number of carboxylic acid groups (broad SMARTS) is 2. The predicted octanol–water partition coefficient (Wildman–Crippen LogP) is 2.79. The highest BCUT2D eigenvalue weighted by molar-refractivity contribution is 6.27. The van der Waals surface area contributed by atoms with Gasteiger partial charge in [-0.05, 0) is 12.5 Å². The lowest BCUT2D eigenvalue weighted by molar-refractivity contribution is -0.159. The van der Waals surface area contributed by atoms with Gasteiger partial charge in [-0.2, -0.15) is 5.10 Å². The zero-order chi connectivity index (χ0) is 21.9. The number of nitrogens with one attached hydrogen (secondary N) is 1. The molecule has 1 heterocycles. The second kappa shape index (κ2) is 11.2. The van der Waals surface area contributed by atoms with Crippen molar-refractivity contribution in [3.8, 4) is 23.6 Å². The molecule has 0 saturated heterocycles. The quantitative estimate of drug-likeness (QED) is 0.331. The number of carbonyl (C=O) groups is 2. The SMILES string of the molecule is C#CCNCc1cn(Cc2ccccc2)nc1-c1ccc(C)cc1.O=C(O)C(=O)O. The lowest BCUT2D eigenvalue weighted by Gasteiger charge is -2.03. The molecule has 0 saturated carbocycles. The lowest BCUT2D eigenvalue weighted by atomic mass is 10.1. The molecular weight excluding hydrogens is 382 g/mol. The zero-order valence-corrected chi connectivity index (χ0v) is 16.6. The minimum atomic E-state index is -1.82. The van der Waals surface area contributed by atoms with Crippen LogP contribution in [0.2, 0.25) is 0 Å². The Morgan fingerprint density at radius 1 is 1.07 bits per heavy atom. The van der Waals surface area contributed by atoms with Gasteiger partial charge in [0.05, 0.1) is 18.8 Å². The number of aromatic nitrogens is 2. The van der Waals surface area contributed by atoms with Gasteiger partial charge in [0, 0.05) is 23.9 Å². The molecule has 0 aliphatic heterocycles. The average molecular weight is 405 g/mol. The average Bonchev–Trinajstić information content (AvgIpc) is 3.12. The molecular formula is C23H23N3O4. The van der Waals surface area contributed by atoms with Crippen LogP contribution in [0.3, 0.4) is 0 Å². The number of terminal acetylenes is 1. The van der Waals surface area contributed by atoms with Crippen LogP contribution in [0.15, 0.2) is 60.8 Å². The van der Waals surface area contributed by atoms with Crippen molar-refractivity contribution in [1.82, 2.24) is 15.1 Å². The molecule has 0 amide bonds. The highest BCUT2D eigenvalue weighted by atomic mass is 16.4. The van der Waals surface area contributed by atoms with Gasteiger partial charge < -0.3 is 15.5 Å². The normalized spacial score (nSPS) is 9.87. The third-order valence-corrected chi connectivity index (χ3v) is 4.08. The van der Waals surface area contributed by atoms with Gasteiger partial charge in [0.2, 0.25) is 0 Å². The monoisotopic (exact) mass is 405 g/mol. The molecule has 3 aromatic rings. The minimum absolute atomic E-state index is 0.553. The summed E-state index contributed by atoms with van der Waals surface area (Å²) in [6, 6.07) is 18.8. The molecule has 0 bridgehead atoms. The van der Waals surface area contributed by atoms with E-state index in [2.05, 4.69) is 72.9 Å². The van der Waals surface area contributed by atoms with Crippen molar-refractivity contribution < 1.29 is 19.8 Å². The molecule has 0 unspecified atom stereocenters. The third kappa shape index (κ3) is 6.93. The Balaban J connectivity index is 0.000000469. The second-order valence-corrected chi connectivity index (χ2v) is 6.47. The van der Waals surface area contributed by atoms with Crippen molar-refractivity contribution in [2.75, 3.05) is 6.54 Å². The van der Waals surface area contributed by atoms with E-state index >= 15 is 0 Å². The fraction of sp³-hybridized carbons (Fsp3) is 0.174. The van der Waals surface area contributed by atoms with Crippen LogP contribution >= 0.6 is 0 Å². The number of aryl methyl sites for hydroxylation is 1. The molecule has 7 nitrogen and oxygen atoms in total. The van der Waals surface area contributed by atoms with Gasteiger partial charge >= 0.3 is 11.9 Å². The molecule has 0 fully saturated rings. The first-order valence-electron chi connectivity index (χ1n) is 9.18. The van der Waals surface area contributed by atoms with E-state index in [1.165, 1.54) is 11.1 Å². The van der Waals surface area contributed by atoms with Crippen molar-refractivity contribution in [2.45, 2.75) is 20.0 Å². The highest BCUT2D eigenvalue weighted by Crippen LogP contribution is 2.23. The Morgan fingerprint density at radius 3 is 2.27 bits per heavy atom. The Morgan fingerprint density at radius 2 is 1.70 bits per heavy atom. The third-order valence-electron chi connectivity index (χ3n) is 4.08. The fourth-order valence-electron chi connectivity index (χ4n) is 2.67. The van der Waals surface area contributed by atoms with Gasteiger partial charge in [-0.1, -0.05) is 66.1 Å². The molecule has 7 heteroatoms. The van der Waals surface area contributed by atoms with Gasteiger partial charge in [0.25, 0.3) is 0 Å². The molecule has 0 radical (unpaired) electrons. The first-order valence-corrected chi connectivity index (χ1v) is 9.18. The van der Waals surface area contributed by atoms with Crippen LogP contribution in [0.1, 0.15) is 16.7 Å². The maximum absolute atomic E-state index is 9.10. The smallest absolute Gasteiger partial charge is 0.414 e. The molecule has 0 aliphatic rings. The van der Waals surface area contributed by atoms with E-state index < -0.39 is 11.9 Å². The van der Waals surface area contributed by atoms with Crippen molar-refractivity contribution in [1.29, 1.82) is 0 Å². The summed E-state index contributed by atoms with van der Waals surface area (Å²) in [5, 5.41) is 22.9. The topological polar surface area (TPSA) is 104 Å².